The van der Waals surface area contributed by atoms with Crippen molar-refractivity contribution in [1.29, 1.82) is 0 Å². The van der Waals surface area contributed by atoms with Crippen LogP contribution >= 0.6 is 0 Å². The highest BCUT2D eigenvalue weighted by atomic mass is 15.3. The van der Waals surface area contributed by atoms with Gasteiger partial charge in [0.05, 0.1) is 6.54 Å². The Hall–Kier alpha value is -1.68. The highest BCUT2D eigenvalue weighted by Gasteiger charge is 2.11. The number of aromatic nitrogens is 3. The van der Waals surface area contributed by atoms with Crippen LogP contribution in [0.1, 0.15) is 44.6 Å². The van der Waals surface area contributed by atoms with Crippen LogP contribution in [-0.2, 0) is 13.1 Å². The zero-order chi connectivity index (χ0) is 14.4. The summed E-state index contributed by atoms with van der Waals surface area (Å²) < 4.78 is 2.00. The van der Waals surface area contributed by atoms with Gasteiger partial charge in [0.25, 0.3) is 0 Å². The second-order valence-electron chi connectivity index (χ2n) is 5.50. The summed E-state index contributed by atoms with van der Waals surface area (Å²) in [6.45, 7) is 8.25. The van der Waals surface area contributed by atoms with Crippen LogP contribution < -0.4 is 5.32 Å². The van der Waals surface area contributed by atoms with E-state index < -0.39 is 0 Å². The first-order chi connectivity index (χ1) is 9.70. The highest BCUT2D eigenvalue weighted by molar-refractivity contribution is 5.18. The second kappa shape index (κ2) is 7.20. The van der Waals surface area contributed by atoms with Crippen molar-refractivity contribution in [3.05, 3.63) is 48.0 Å². The Morgan fingerprint density at radius 1 is 1.20 bits per heavy atom. The molecule has 20 heavy (non-hydrogen) atoms. The van der Waals surface area contributed by atoms with Gasteiger partial charge >= 0.3 is 0 Å². The molecule has 0 spiro atoms. The quantitative estimate of drug-likeness (QED) is 0.842. The van der Waals surface area contributed by atoms with Crippen LogP contribution in [0.4, 0.5) is 0 Å². The average Bonchev–Trinajstić information content (AvgIpc) is 2.87. The Labute approximate surface area is 121 Å². The zero-order valence-corrected chi connectivity index (χ0v) is 12.6. The molecule has 0 saturated heterocycles. The number of nitrogens with one attached hydrogen (secondary N) is 1. The molecular weight excluding hydrogens is 248 g/mol. The van der Waals surface area contributed by atoms with Gasteiger partial charge in [0.15, 0.2) is 0 Å². The van der Waals surface area contributed by atoms with Crippen molar-refractivity contribution in [3.8, 4) is 0 Å². The maximum absolute atomic E-state index is 4.36. The lowest BCUT2D eigenvalue weighted by Crippen LogP contribution is -2.23. The average molecular weight is 272 g/mol. The molecule has 1 aromatic heterocycles. The van der Waals surface area contributed by atoms with E-state index in [1.165, 1.54) is 5.56 Å². The van der Waals surface area contributed by atoms with Crippen LogP contribution in [-0.4, -0.2) is 14.8 Å². The number of nitrogens with zero attached hydrogens (tertiary/aromatic N) is 3. The van der Waals surface area contributed by atoms with Crippen molar-refractivity contribution in [2.75, 3.05) is 0 Å². The van der Waals surface area contributed by atoms with E-state index in [0.717, 1.165) is 25.3 Å². The molecule has 108 valence electrons. The third kappa shape index (κ3) is 3.90. The fourth-order valence-electron chi connectivity index (χ4n) is 2.32. The molecule has 1 unspecified atom stereocenters. The van der Waals surface area contributed by atoms with Gasteiger partial charge in [0, 0.05) is 12.6 Å². The highest BCUT2D eigenvalue weighted by Crippen LogP contribution is 2.16. The van der Waals surface area contributed by atoms with Gasteiger partial charge in [-0.25, -0.2) is 9.67 Å². The minimum Gasteiger partial charge on any atom is -0.303 e. The lowest BCUT2D eigenvalue weighted by atomic mass is 10.0. The topological polar surface area (TPSA) is 42.7 Å². The molecule has 1 N–H and O–H groups in total. The van der Waals surface area contributed by atoms with Crippen molar-refractivity contribution in [1.82, 2.24) is 20.1 Å². The molecule has 0 radical (unpaired) electrons. The van der Waals surface area contributed by atoms with E-state index in [9.17, 15) is 0 Å². The summed E-state index contributed by atoms with van der Waals surface area (Å²) in [5.41, 5.74) is 1.32. The van der Waals surface area contributed by atoms with E-state index in [0.29, 0.717) is 12.0 Å². The SMILES string of the molecule is CCC(NCc1ncnn1CC(C)C)c1ccccc1. The summed E-state index contributed by atoms with van der Waals surface area (Å²) in [6, 6.07) is 10.9. The number of hydrogen-bond donors (Lipinski definition) is 1. The van der Waals surface area contributed by atoms with Gasteiger partial charge < -0.3 is 5.32 Å². The van der Waals surface area contributed by atoms with Gasteiger partial charge in [0.2, 0.25) is 0 Å². The molecule has 1 aromatic carbocycles. The van der Waals surface area contributed by atoms with Gasteiger partial charge in [-0.1, -0.05) is 51.1 Å². The van der Waals surface area contributed by atoms with Crippen molar-refractivity contribution in [2.45, 2.75) is 46.3 Å². The summed E-state index contributed by atoms with van der Waals surface area (Å²) in [6.07, 6.45) is 2.70. The first kappa shape index (κ1) is 14.7. The molecule has 0 aliphatic heterocycles. The monoisotopic (exact) mass is 272 g/mol. The molecule has 1 heterocycles. The van der Waals surface area contributed by atoms with Crippen LogP contribution in [0.5, 0.6) is 0 Å². The maximum Gasteiger partial charge on any atom is 0.140 e. The van der Waals surface area contributed by atoms with Crippen molar-refractivity contribution in [2.24, 2.45) is 5.92 Å². The fraction of sp³-hybridized carbons (Fsp3) is 0.500. The van der Waals surface area contributed by atoms with Gasteiger partial charge in [-0.05, 0) is 17.9 Å². The largest absolute Gasteiger partial charge is 0.303 e. The second-order valence-corrected chi connectivity index (χ2v) is 5.50. The van der Waals surface area contributed by atoms with E-state index >= 15 is 0 Å². The van der Waals surface area contributed by atoms with Gasteiger partial charge in [0.1, 0.15) is 12.2 Å². The summed E-state index contributed by atoms with van der Waals surface area (Å²) >= 11 is 0. The molecule has 4 nitrogen and oxygen atoms in total. The van der Waals surface area contributed by atoms with Gasteiger partial charge in [-0.3, -0.25) is 0 Å². The molecule has 1 atom stereocenters. The summed E-state index contributed by atoms with van der Waals surface area (Å²) in [5.74, 6) is 1.58. The third-order valence-corrected chi connectivity index (χ3v) is 3.35. The van der Waals surface area contributed by atoms with Crippen molar-refractivity contribution in [3.63, 3.8) is 0 Å². The Kier molecular flexibility index (Phi) is 5.30. The molecule has 0 saturated carbocycles. The van der Waals surface area contributed by atoms with Crippen molar-refractivity contribution >= 4 is 0 Å². The van der Waals surface area contributed by atoms with Crippen LogP contribution in [0, 0.1) is 5.92 Å². The summed E-state index contributed by atoms with van der Waals surface area (Å²) in [4.78, 5) is 4.36. The van der Waals surface area contributed by atoms with E-state index in [-0.39, 0.29) is 0 Å². The number of rotatable bonds is 7. The minimum atomic E-state index is 0.361. The van der Waals surface area contributed by atoms with E-state index in [1.807, 2.05) is 4.68 Å². The molecule has 2 rings (SSSR count). The third-order valence-electron chi connectivity index (χ3n) is 3.35. The summed E-state index contributed by atoms with van der Waals surface area (Å²) in [7, 11) is 0. The molecular formula is C16H24N4. The summed E-state index contributed by atoms with van der Waals surface area (Å²) in [5, 5.41) is 7.88. The molecule has 4 heteroatoms. The molecule has 0 aliphatic rings. The standard InChI is InChI=1S/C16H24N4/c1-4-15(14-8-6-5-7-9-14)17-10-16-18-12-19-20(16)11-13(2)3/h5-9,12-13,15,17H,4,10-11H2,1-3H3. The Bertz CT molecular complexity index is 504. The predicted molar refractivity (Wildman–Crippen MR) is 81.2 cm³/mol. The van der Waals surface area contributed by atoms with Crippen LogP contribution in [0.15, 0.2) is 36.7 Å². The Morgan fingerprint density at radius 2 is 1.95 bits per heavy atom. The number of hydrogen-bond acceptors (Lipinski definition) is 3. The Morgan fingerprint density at radius 3 is 2.60 bits per heavy atom. The normalized spacial score (nSPS) is 12.8. The first-order valence-corrected chi connectivity index (χ1v) is 7.35. The molecule has 2 aromatic rings. The smallest absolute Gasteiger partial charge is 0.140 e. The molecule has 0 amide bonds. The molecule has 0 bridgehead atoms. The minimum absolute atomic E-state index is 0.361. The zero-order valence-electron chi connectivity index (χ0n) is 12.6. The van der Waals surface area contributed by atoms with Gasteiger partial charge in [-0.2, -0.15) is 5.10 Å². The van der Waals surface area contributed by atoms with E-state index in [4.69, 9.17) is 0 Å². The van der Waals surface area contributed by atoms with E-state index in [1.54, 1.807) is 6.33 Å². The van der Waals surface area contributed by atoms with Crippen molar-refractivity contribution < 1.29 is 0 Å². The first-order valence-electron chi connectivity index (χ1n) is 7.35. The van der Waals surface area contributed by atoms with Crippen LogP contribution in [0.2, 0.25) is 0 Å². The maximum atomic E-state index is 4.36. The predicted octanol–water partition coefficient (Wildman–Crippen LogP) is 3.18. The lowest BCUT2D eigenvalue weighted by molar-refractivity contribution is 0.441. The molecule has 0 aliphatic carbocycles. The van der Waals surface area contributed by atoms with Crippen LogP contribution in [0.3, 0.4) is 0 Å². The van der Waals surface area contributed by atoms with Crippen LogP contribution in [0.25, 0.3) is 0 Å². The molecule has 0 fully saturated rings. The van der Waals surface area contributed by atoms with Gasteiger partial charge in [-0.15, -0.1) is 0 Å². The number of benzene rings is 1. The Balaban J connectivity index is 1.99. The fourth-order valence-corrected chi connectivity index (χ4v) is 2.32. The lowest BCUT2D eigenvalue weighted by Gasteiger charge is -2.17. The van der Waals surface area contributed by atoms with E-state index in [2.05, 4.69) is 66.5 Å².